The predicted octanol–water partition coefficient (Wildman–Crippen LogP) is 10.8. The van der Waals surface area contributed by atoms with Crippen molar-refractivity contribution in [2.24, 2.45) is 0 Å². The van der Waals surface area contributed by atoms with Crippen LogP contribution >= 0.6 is 0 Å². The number of pyridine rings is 4. The molecule has 6 aromatic carbocycles. The van der Waals surface area contributed by atoms with E-state index in [0.29, 0.717) is 21.5 Å². The predicted molar refractivity (Wildman–Crippen MR) is 277 cm³/mol. The summed E-state index contributed by atoms with van der Waals surface area (Å²) < 4.78 is 8.89. The van der Waals surface area contributed by atoms with Crippen molar-refractivity contribution in [1.29, 1.82) is 0 Å². The van der Waals surface area contributed by atoms with Gasteiger partial charge in [-0.05, 0) is 98.5 Å². The Kier molecular flexibility index (Phi) is 14.3. The maximum absolute atomic E-state index is 13.5. The zero-order valence-electron chi connectivity index (χ0n) is 38.5. The van der Waals surface area contributed by atoms with Crippen LogP contribution in [0, 0.1) is 0 Å². The lowest BCUT2D eigenvalue weighted by atomic mass is 10.0. The number of para-hydroxylation sites is 4. The van der Waals surface area contributed by atoms with Gasteiger partial charge in [0.05, 0.1) is 44.1 Å². The molecule has 10 aromatic rings. The molecule has 0 saturated carbocycles. The second kappa shape index (κ2) is 20.1. The Balaban J connectivity index is 0.000000191. The first kappa shape index (κ1) is 47.1. The molecule has 10 nitrogen and oxygen atoms in total. The van der Waals surface area contributed by atoms with Gasteiger partial charge in [-0.1, -0.05) is 102 Å². The smallest absolute Gasteiger partial charge is 0.197 e. The van der Waals surface area contributed by atoms with Crippen molar-refractivity contribution in [3.8, 4) is 0 Å². The molecule has 4 aromatic heterocycles. The highest BCUT2D eigenvalue weighted by Gasteiger charge is 2.19. The van der Waals surface area contributed by atoms with Crippen molar-refractivity contribution in [1.82, 2.24) is 18.3 Å². The van der Waals surface area contributed by atoms with Crippen LogP contribution in [0.25, 0.3) is 87.2 Å². The average molecular weight is 885 g/mol. The van der Waals surface area contributed by atoms with Gasteiger partial charge in [-0.3, -0.25) is 19.2 Å². The van der Waals surface area contributed by atoms with Crippen LogP contribution in [-0.2, 0) is 26.2 Å². The molecule has 0 radical (unpaired) electrons. The Bertz CT molecular complexity index is 3190. The fourth-order valence-electron chi connectivity index (χ4n) is 9.71. The quantitative estimate of drug-likeness (QED) is 0.112. The van der Waals surface area contributed by atoms with E-state index in [2.05, 4.69) is 46.0 Å². The highest BCUT2D eigenvalue weighted by atomic mass is 16.1. The van der Waals surface area contributed by atoms with E-state index in [0.717, 1.165) is 143 Å². The van der Waals surface area contributed by atoms with E-state index in [-0.39, 0.29) is 32.7 Å². The number of unbranched alkanes of at least 4 members (excludes halogenated alkanes) is 4. The highest BCUT2D eigenvalue weighted by molar-refractivity contribution is 6.05. The van der Waals surface area contributed by atoms with Gasteiger partial charge < -0.3 is 29.2 Å². The number of nitrogens with zero attached hydrogens (tertiary/aromatic N) is 4. The molecule has 0 unspecified atom stereocenters. The zero-order chi connectivity index (χ0) is 44.5. The van der Waals surface area contributed by atoms with E-state index in [1.165, 1.54) is 0 Å². The fraction of sp³-hybridized carbons (Fsp3) is 0.286. The number of rotatable bonds is 12. The summed E-state index contributed by atoms with van der Waals surface area (Å²) in [5.74, 6) is 0. The lowest BCUT2D eigenvalue weighted by molar-refractivity contribution is 0.660. The molecule has 0 aliphatic heterocycles. The molecule has 0 saturated heterocycles. The van der Waals surface area contributed by atoms with Gasteiger partial charge in [0.15, 0.2) is 21.7 Å². The molecular formula is C56H60N4O6. The Morgan fingerprint density at radius 1 is 0.288 bits per heavy atom. The third kappa shape index (κ3) is 8.09. The molecule has 0 bridgehead atoms. The molecular weight excluding hydrogens is 825 g/mol. The normalized spacial score (nSPS) is 11.5. The molecule has 4 heterocycles. The van der Waals surface area contributed by atoms with Crippen LogP contribution in [0.15, 0.2) is 141 Å². The average Bonchev–Trinajstić information content (AvgIpc) is 3.33. The molecule has 0 aliphatic rings. The number of hydrogen-bond donors (Lipinski definition) is 0. The van der Waals surface area contributed by atoms with Crippen LogP contribution in [0.3, 0.4) is 0 Å². The molecule has 0 aliphatic carbocycles. The standard InChI is InChI=1S/2C28H28N2O2.2H2O/c2*1-3-5-15-29-23-13-9-7-11-19(23)27(31)21-18-26-22(17-25(21)29)28(32)20-12-8-10-14-24(20)30(26)16-6-4-2;;/h2*7-14,17-18H,3-6,15-16H2,1-2H3;2*1H2. The monoisotopic (exact) mass is 884 g/mol. The van der Waals surface area contributed by atoms with Gasteiger partial charge in [-0.2, -0.15) is 0 Å². The van der Waals surface area contributed by atoms with Gasteiger partial charge in [-0.25, -0.2) is 0 Å². The first-order valence-electron chi connectivity index (χ1n) is 23.3. The van der Waals surface area contributed by atoms with Crippen molar-refractivity contribution in [3.63, 3.8) is 0 Å². The first-order valence-corrected chi connectivity index (χ1v) is 23.3. The van der Waals surface area contributed by atoms with Crippen LogP contribution < -0.4 is 21.7 Å². The molecule has 340 valence electrons. The summed E-state index contributed by atoms with van der Waals surface area (Å²) in [4.78, 5) is 54.1. The molecule has 10 rings (SSSR count). The fourth-order valence-corrected chi connectivity index (χ4v) is 9.71. The van der Waals surface area contributed by atoms with Crippen molar-refractivity contribution in [2.45, 2.75) is 105 Å². The molecule has 10 heteroatoms. The summed E-state index contributed by atoms with van der Waals surface area (Å²) in [6, 6.07) is 39.1. The second-order valence-electron chi connectivity index (χ2n) is 17.2. The van der Waals surface area contributed by atoms with Gasteiger partial charge in [-0.15, -0.1) is 0 Å². The van der Waals surface area contributed by atoms with Crippen molar-refractivity contribution < 1.29 is 11.0 Å². The van der Waals surface area contributed by atoms with Gasteiger partial charge >= 0.3 is 0 Å². The number of aryl methyl sites for hydroxylation is 4. The van der Waals surface area contributed by atoms with E-state index in [1.807, 2.05) is 121 Å². The summed E-state index contributed by atoms with van der Waals surface area (Å²) in [7, 11) is 0. The largest absolute Gasteiger partial charge is 0.412 e. The summed E-state index contributed by atoms with van der Waals surface area (Å²) in [6.07, 6.45) is 8.29. The van der Waals surface area contributed by atoms with E-state index in [9.17, 15) is 19.2 Å². The molecule has 0 spiro atoms. The minimum Gasteiger partial charge on any atom is -0.412 e. The minimum atomic E-state index is 0. The maximum atomic E-state index is 13.5. The Hall–Kier alpha value is -6.88. The number of fused-ring (bicyclic) bond motifs is 8. The summed E-state index contributed by atoms with van der Waals surface area (Å²) in [5, 5.41) is 5.69. The van der Waals surface area contributed by atoms with E-state index in [1.54, 1.807) is 0 Å². The minimum absolute atomic E-state index is 0. The van der Waals surface area contributed by atoms with Gasteiger partial charge in [0.1, 0.15) is 0 Å². The lowest BCUT2D eigenvalue weighted by Gasteiger charge is -2.18. The number of hydrogen-bond acceptors (Lipinski definition) is 4. The lowest BCUT2D eigenvalue weighted by Crippen LogP contribution is -2.15. The van der Waals surface area contributed by atoms with Gasteiger partial charge in [0.2, 0.25) is 0 Å². The molecule has 4 N–H and O–H groups in total. The molecule has 0 atom stereocenters. The van der Waals surface area contributed by atoms with Crippen molar-refractivity contribution in [3.05, 3.63) is 162 Å². The Labute approximate surface area is 382 Å². The summed E-state index contributed by atoms with van der Waals surface area (Å²) in [5.41, 5.74) is 7.28. The van der Waals surface area contributed by atoms with Crippen molar-refractivity contribution in [2.75, 3.05) is 0 Å². The molecule has 66 heavy (non-hydrogen) atoms. The van der Waals surface area contributed by atoms with Crippen LogP contribution in [0.2, 0.25) is 0 Å². The topological polar surface area (TPSA) is 151 Å². The van der Waals surface area contributed by atoms with Crippen LogP contribution in [0.1, 0.15) is 79.1 Å². The van der Waals surface area contributed by atoms with Crippen LogP contribution in [0.5, 0.6) is 0 Å². The van der Waals surface area contributed by atoms with E-state index in [4.69, 9.17) is 0 Å². The highest BCUT2D eigenvalue weighted by Crippen LogP contribution is 2.29. The third-order valence-corrected chi connectivity index (χ3v) is 13.1. The van der Waals surface area contributed by atoms with E-state index < -0.39 is 0 Å². The first-order chi connectivity index (χ1) is 31.3. The number of aromatic nitrogens is 4. The summed E-state index contributed by atoms with van der Waals surface area (Å²) >= 11 is 0. The number of benzene rings is 6. The summed E-state index contributed by atoms with van der Waals surface area (Å²) in [6.45, 7) is 11.9. The maximum Gasteiger partial charge on any atom is 0.197 e. The third-order valence-electron chi connectivity index (χ3n) is 13.1. The van der Waals surface area contributed by atoms with Gasteiger partial charge in [0, 0.05) is 69.3 Å². The van der Waals surface area contributed by atoms with Crippen molar-refractivity contribution >= 4 is 87.2 Å². The molecule has 0 amide bonds. The van der Waals surface area contributed by atoms with Crippen LogP contribution in [0.4, 0.5) is 0 Å². The zero-order valence-corrected chi connectivity index (χ0v) is 38.5. The molecule has 0 fully saturated rings. The Morgan fingerprint density at radius 2 is 0.485 bits per heavy atom. The second-order valence-corrected chi connectivity index (χ2v) is 17.2. The Morgan fingerprint density at radius 3 is 0.682 bits per heavy atom. The van der Waals surface area contributed by atoms with Gasteiger partial charge in [0.25, 0.3) is 0 Å². The van der Waals surface area contributed by atoms with Crippen LogP contribution in [-0.4, -0.2) is 29.2 Å². The SMILES string of the molecule is CCCCn1c2ccccc2c(=O)c2cc3c(cc21)c(=O)c1ccccc1n3CCCC.CCCCn1c2ccccc2c(=O)c2cc3c(cc21)c(=O)c1ccccc1n3CCCC.O.O. The van der Waals surface area contributed by atoms with E-state index >= 15 is 0 Å².